The molecule has 2 rings (SSSR count). The van der Waals surface area contributed by atoms with E-state index in [0.29, 0.717) is 10.2 Å². The number of sulfonamides is 1. The Bertz CT molecular complexity index is 751. The third-order valence-corrected chi connectivity index (χ3v) is 5.30. The lowest BCUT2D eigenvalue weighted by Gasteiger charge is -2.20. The van der Waals surface area contributed by atoms with Crippen LogP contribution in [0.1, 0.15) is 5.56 Å². The van der Waals surface area contributed by atoms with Crippen molar-refractivity contribution in [2.24, 2.45) is 5.73 Å². The van der Waals surface area contributed by atoms with E-state index in [-0.39, 0.29) is 12.1 Å². The average molecular weight is 373 g/mol. The molecule has 0 atom stereocenters. The van der Waals surface area contributed by atoms with Gasteiger partial charge in [-0.2, -0.15) is 0 Å². The lowest BCUT2D eigenvalue weighted by atomic mass is 10.2. The van der Waals surface area contributed by atoms with E-state index >= 15 is 0 Å². The van der Waals surface area contributed by atoms with E-state index in [1.165, 1.54) is 19.2 Å². The van der Waals surface area contributed by atoms with Gasteiger partial charge in [-0.3, -0.25) is 4.31 Å². The summed E-state index contributed by atoms with van der Waals surface area (Å²) in [7, 11) is -2.62. The molecule has 21 heavy (non-hydrogen) atoms. The molecule has 2 N–H and O–H groups in total. The molecular weight excluding hydrogens is 359 g/mol. The van der Waals surface area contributed by atoms with Gasteiger partial charge in [0.1, 0.15) is 10.7 Å². The molecule has 0 heterocycles. The lowest BCUT2D eigenvalue weighted by molar-refractivity contribution is 0.556. The Kier molecular flexibility index (Phi) is 4.65. The van der Waals surface area contributed by atoms with Crippen molar-refractivity contribution < 1.29 is 12.8 Å². The quantitative estimate of drug-likeness (QED) is 0.897. The fourth-order valence-corrected chi connectivity index (χ4v) is 3.86. The first-order chi connectivity index (χ1) is 9.87. The number of hydrogen-bond acceptors (Lipinski definition) is 3. The van der Waals surface area contributed by atoms with Gasteiger partial charge in [0, 0.05) is 23.6 Å². The van der Waals surface area contributed by atoms with Crippen molar-refractivity contribution in [2.75, 3.05) is 11.4 Å². The summed E-state index contributed by atoms with van der Waals surface area (Å²) in [6, 6.07) is 11.2. The molecule has 0 saturated carbocycles. The van der Waals surface area contributed by atoms with Crippen molar-refractivity contribution in [2.45, 2.75) is 11.4 Å². The summed E-state index contributed by atoms with van der Waals surface area (Å²) in [6.45, 7) is -0.0805. The summed E-state index contributed by atoms with van der Waals surface area (Å²) in [5.41, 5.74) is 6.04. The van der Waals surface area contributed by atoms with Crippen molar-refractivity contribution in [3.8, 4) is 0 Å². The summed E-state index contributed by atoms with van der Waals surface area (Å²) in [6.07, 6.45) is 0. The Morgan fingerprint density at radius 2 is 1.86 bits per heavy atom. The van der Waals surface area contributed by atoms with Crippen molar-refractivity contribution in [3.05, 3.63) is 58.3 Å². The topological polar surface area (TPSA) is 63.4 Å². The molecule has 0 unspecified atom stereocenters. The largest absolute Gasteiger partial charge is 0.326 e. The zero-order chi connectivity index (χ0) is 15.6. The van der Waals surface area contributed by atoms with Crippen LogP contribution < -0.4 is 10.0 Å². The SMILES string of the molecule is CN(c1ccccc1)S(=O)(=O)c1cc(Br)cc(CN)c1F. The normalized spacial score (nSPS) is 11.4. The highest BCUT2D eigenvalue weighted by Crippen LogP contribution is 2.28. The van der Waals surface area contributed by atoms with E-state index in [9.17, 15) is 12.8 Å². The van der Waals surface area contributed by atoms with E-state index in [0.717, 1.165) is 4.31 Å². The van der Waals surface area contributed by atoms with E-state index in [1.807, 2.05) is 0 Å². The van der Waals surface area contributed by atoms with Gasteiger partial charge in [-0.05, 0) is 24.3 Å². The van der Waals surface area contributed by atoms with Crippen molar-refractivity contribution in [3.63, 3.8) is 0 Å². The zero-order valence-corrected chi connectivity index (χ0v) is 13.7. The summed E-state index contributed by atoms with van der Waals surface area (Å²) in [4.78, 5) is -0.399. The maximum Gasteiger partial charge on any atom is 0.267 e. The minimum Gasteiger partial charge on any atom is -0.326 e. The van der Waals surface area contributed by atoms with Gasteiger partial charge in [-0.1, -0.05) is 34.1 Å². The first-order valence-corrected chi connectivity index (χ1v) is 8.33. The molecule has 2 aromatic rings. The predicted octanol–water partition coefficient (Wildman–Crippen LogP) is 2.87. The molecule has 0 saturated heterocycles. The Labute approximate surface area is 131 Å². The number of anilines is 1. The van der Waals surface area contributed by atoms with Crippen molar-refractivity contribution in [1.29, 1.82) is 0 Å². The van der Waals surface area contributed by atoms with Gasteiger partial charge in [0.15, 0.2) is 0 Å². The summed E-state index contributed by atoms with van der Waals surface area (Å²) < 4.78 is 41.0. The highest BCUT2D eigenvalue weighted by molar-refractivity contribution is 9.10. The molecule has 0 amide bonds. The minimum absolute atomic E-state index is 0.0805. The minimum atomic E-state index is -4.01. The standard InChI is InChI=1S/C14H14BrFN2O2S/c1-18(12-5-3-2-4-6-12)21(19,20)13-8-11(15)7-10(9-17)14(13)16/h2-8H,9,17H2,1H3. The van der Waals surface area contributed by atoms with E-state index < -0.39 is 20.7 Å². The summed E-state index contributed by atoms with van der Waals surface area (Å²) in [5.74, 6) is -0.816. The van der Waals surface area contributed by atoms with E-state index in [2.05, 4.69) is 15.9 Å². The molecule has 0 fully saturated rings. The van der Waals surface area contributed by atoms with Gasteiger partial charge in [0.25, 0.3) is 10.0 Å². The molecule has 0 spiro atoms. The molecule has 2 aromatic carbocycles. The van der Waals surface area contributed by atoms with Crippen LogP contribution in [0.5, 0.6) is 0 Å². The molecule has 0 aromatic heterocycles. The third kappa shape index (κ3) is 3.09. The summed E-state index contributed by atoms with van der Waals surface area (Å²) in [5, 5.41) is 0. The van der Waals surface area contributed by atoms with Crippen LogP contribution in [-0.2, 0) is 16.6 Å². The molecule has 4 nitrogen and oxygen atoms in total. The van der Waals surface area contributed by atoms with Gasteiger partial charge in [-0.25, -0.2) is 12.8 Å². The average Bonchev–Trinajstić information content (AvgIpc) is 2.49. The van der Waals surface area contributed by atoms with Gasteiger partial charge in [0.2, 0.25) is 0 Å². The van der Waals surface area contributed by atoms with Gasteiger partial charge in [-0.15, -0.1) is 0 Å². The fourth-order valence-electron chi connectivity index (χ4n) is 1.88. The van der Waals surface area contributed by atoms with E-state index in [1.54, 1.807) is 30.3 Å². The molecule has 7 heteroatoms. The van der Waals surface area contributed by atoms with Crippen LogP contribution in [0.25, 0.3) is 0 Å². The second kappa shape index (κ2) is 6.13. The molecule has 0 aliphatic carbocycles. The van der Waals surface area contributed by atoms with Crippen LogP contribution in [-0.4, -0.2) is 15.5 Å². The number of halogens is 2. The Morgan fingerprint density at radius 3 is 2.43 bits per heavy atom. The van der Waals surface area contributed by atoms with Gasteiger partial charge >= 0.3 is 0 Å². The number of hydrogen-bond donors (Lipinski definition) is 1. The predicted molar refractivity (Wildman–Crippen MR) is 84.0 cm³/mol. The van der Waals surface area contributed by atoms with Crippen molar-refractivity contribution >= 4 is 31.6 Å². The number of para-hydroxylation sites is 1. The Hall–Kier alpha value is -1.44. The molecule has 0 aliphatic heterocycles. The third-order valence-electron chi connectivity index (χ3n) is 3.06. The molecule has 0 bridgehead atoms. The van der Waals surface area contributed by atoms with Crippen LogP contribution in [0.15, 0.2) is 51.8 Å². The zero-order valence-electron chi connectivity index (χ0n) is 11.3. The lowest BCUT2D eigenvalue weighted by Crippen LogP contribution is -2.27. The number of nitrogens with zero attached hydrogens (tertiary/aromatic N) is 1. The maximum atomic E-state index is 14.3. The highest BCUT2D eigenvalue weighted by atomic mass is 79.9. The highest BCUT2D eigenvalue weighted by Gasteiger charge is 2.26. The molecule has 112 valence electrons. The summed E-state index contributed by atoms with van der Waals surface area (Å²) >= 11 is 3.18. The number of rotatable bonds is 4. The van der Waals surface area contributed by atoms with Gasteiger partial charge < -0.3 is 5.73 Å². The molecule has 0 aliphatic rings. The number of nitrogens with two attached hydrogens (primary N) is 1. The van der Waals surface area contributed by atoms with Crippen molar-refractivity contribution in [1.82, 2.24) is 0 Å². The first kappa shape index (κ1) is 15.9. The van der Waals surface area contributed by atoms with Crippen LogP contribution in [0, 0.1) is 5.82 Å². The van der Waals surface area contributed by atoms with Crippen LogP contribution >= 0.6 is 15.9 Å². The molecule has 0 radical (unpaired) electrons. The Morgan fingerprint density at radius 1 is 1.24 bits per heavy atom. The van der Waals surface area contributed by atoms with Gasteiger partial charge in [0.05, 0.1) is 5.69 Å². The first-order valence-electron chi connectivity index (χ1n) is 6.10. The fraction of sp³-hybridized carbons (Fsp3) is 0.143. The second-order valence-corrected chi connectivity index (χ2v) is 7.24. The second-order valence-electron chi connectivity index (χ2n) is 4.39. The maximum absolute atomic E-state index is 14.3. The van der Waals surface area contributed by atoms with Crippen LogP contribution in [0.2, 0.25) is 0 Å². The number of benzene rings is 2. The van der Waals surface area contributed by atoms with Crippen LogP contribution in [0.3, 0.4) is 0 Å². The Balaban J connectivity index is 2.57. The monoisotopic (exact) mass is 372 g/mol. The van der Waals surface area contributed by atoms with E-state index in [4.69, 9.17) is 5.73 Å². The smallest absolute Gasteiger partial charge is 0.267 e. The van der Waals surface area contributed by atoms with Crippen LogP contribution in [0.4, 0.5) is 10.1 Å². The molecular formula is C14H14BrFN2O2S.